The van der Waals surface area contributed by atoms with Crippen molar-refractivity contribution in [2.45, 2.75) is 63.6 Å². The van der Waals surface area contributed by atoms with Crippen LogP contribution in [0, 0.1) is 11.8 Å². The van der Waals surface area contributed by atoms with Gasteiger partial charge in [0, 0.05) is 13.1 Å². The van der Waals surface area contributed by atoms with E-state index < -0.39 is 11.9 Å². The molecule has 2 saturated carbocycles. The van der Waals surface area contributed by atoms with Crippen LogP contribution >= 0.6 is 0 Å². The lowest BCUT2D eigenvalue weighted by atomic mass is 9.72. The molecule has 3 aliphatic rings. The molecule has 3 rings (SSSR count). The van der Waals surface area contributed by atoms with E-state index in [1.54, 1.807) is 0 Å². The van der Waals surface area contributed by atoms with Gasteiger partial charge in [0.1, 0.15) is 0 Å². The summed E-state index contributed by atoms with van der Waals surface area (Å²) in [5.41, 5.74) is -0.541. The highest BCUT2D eigenvalue weighted by Gasteiger charge is 2.50. The van der Waals surface area contributed by atoms with Gasteiger partial charge in [0.2, 0.25) is 5.91 Å². The maximum absolute atomic E-state index is 12.7. The molecule has 1 heterocycles. The third kappa shape index (κ3) is 2.68. The number of carbonyl (C=O) groups is 2. The largest absolute Gasteiger partial charge is 0.481 e. The molecule has 2 atom stereocenters. The van der Waals surface area contributed by atoms with Crippen LogP contribution in [0.5, 0.6) is 0 Å². The Balaban J connectivity index is 1.75. The van der Waals surface area contributed by atoms with Crippen molar-refractivity contribution < 1.29 is 19.4 Å². The van der Waals surface area contributed by atoms with E-state index in [9.17, 15) is 9.59 Å². The van der Waals surface area contributed by atoms with Crippen molar-refractivity contribution in [2.24, 2.45) is 11.8 Å². The number of rotatable bonds is 2. The second kappa shape index (κ2) is 4.97. The average Bonchev–Trinajstić information content (AvgIpc) is 2.72. The van der Waals surface area contributed by atoms with Crippen LogP contribution in [0.4, 0.5) is 0 Å². The van der Waals surface area contributed by atoms with Crippen LogP contribution in [0.2, 0.25) is 0 Å². The van der Waals surface area contributed by atoms with Crippen molar-refractivity contribution >= 4 is 11.9 Å². The summed E-state index contributed by atoms with van der Waals surface area (Å²) in [4.78, 5) is 25.8. The summed E-state index contributed by atoms with van der Waals surface area (Å²) in [6.45, 7) is 5.26. The summed E-state index contributed by atoms with van der Waals surface area (Å²) in [7, 11) is 0. The minimum absolute atomic E-state index is 0.0244. The van der Waals surface area contributed by atoms with E-state index in [-0.39, 0.29) is 23.0 Å². The molecule has 118 valence electrons. The normalized spacial score (nSPS) is 33.7. The Hall–Kier alpha value is -1.10. The van der Waals surface area contributed by atoms with Gasteiger partial charge >= 0.3 is 5.97 Å². The molecule has 2 aliphatic carbocycles. The van der Waals surface area contributed by atoms with E-state index in [0.29, 0.717) is 25.9 Å². The number of carbonyl (C=O) groups excluding carboxylic acids is 1. The van der Waals surface area contributed by atoms with E-state index in [2.05, 4.69) is 0 Å². The zero-order chi connectivity index (χ0) is 15.3. The molecular formula is C16H25NO4. The average molecular weight is 295 g/mol. The number of hydrogen-bond donors (Lipinski definition) is 1. The minimum Gasteiger partial charge on any atom is -0.481 e. The molecule has 2 unspecified atom stereocenters. The molecule has 0 aromatic heterocycles. The number of carboxylic acids is 1. The topological polar surface area (TPSA) is 66.8 Å². The first-order valence-electron chi connectivity index (χ1n) is 8.04. The Bertz CT molecular complexity index is 453. The molecule has 1 aliphatic heterocycles. The fourth-order valence-corrected chi connectivity index (χ4v) is 4.28. The van der Waals surface area contributed by atoms with Crippen LogP contribution < -0.4 is 0 Å². The molecular weight excluding hydrogens is 270 g/mol. The van der Waals surface area contributed by atoms with E-state index in [0.717, 1.165) is 25.7 Å². The Morgan fingerprint density at radius 1 is 1.10 bits per heavy atom. The van der Waals surface area contributed by atoms with Gasteiger partial charge in [-0.15, -0.1) is 0 Å². The molecule has 5 heteroatoms. The van der Waals surface area contributed by atoms with E-state index >= 15 is 0 Å². The fourth-order valence-electron chi connectivity index (χ4n) is 4.28. The van der Waals surface area contributed by atoms with Crippen molar-refractivity contribution in [1.29, 1.82) is 0 Å². The SMILES string of the molecule is CC1(C)CN(C(=O)C2CCC2C(=O)O)CC2(CCCC2)O1. The lowest BCUT2D eigenvalue weighted by molar-refractivity contribution is -0.202. The number of nitrogens with zero attached hydrogens (tertiary/aromatic N) is 1. The number of carboxylic acid groups (broad SMARTS) is 1. The quantitative estimate of drug-likeness (QED) is 0.846. The summed E-state index contributed by atoms with van der Waals surface area (Å²) in [5, 5.41) is 9.16. The van der Waals surface area contributed by atoms with Crippen molar-refractivity contribution in [1.82, 2.24) is 4.90 Å². The molecule has 5 nitrogen and oxygen atoms in total. The summed E-state index contributed by atoms with van der Waals surface area (Å²) in [5.74, 6) is -1.61. The smallest absolute Gasteiger partial charge is 0.307 e. The van der Waals surface area contributed by atoms with Gasteiger partial charge in [-0.3, -0.25) is 9.59 Å². The van der Waals surface area contributed by atoms with Crippen LogP contribution in [0.3, 0.4) is 0 Å². The third-order valence-electron chi connectivity index (χ3n) is 5.28. The number of morpholine rings is 1. The summed E-state index contributed by atoms with van der Waals surface area (Å²) < 4.78 is 6.30. The first-order chi connectivity index (χ1) is 9.82. The number of hydrogen-bond acceptors (Lipinski definition) is 3. The molecule has 1 N–H and O–H groups in total. The second-order valence-electron chi connectivity index (χ2n) is 7.57. The maximum atomic E-state index is 12.7. The summed E-state index contributed by atoms with van der Waals surface area (Å²) >= 11 is 0. The van der Waals surface area contributed by atoms with Gasteiger partial charge in [-0.05, 0) is 39.5 Å². The standard InChI is InChI=1S/C16H25NO4/c1-15(2)9-17(10-16(21-15)7-3-4-8-16)13(18)11-5-6-12(11)14(19)20/h11-12H,3-10H2,1-2H3,(H,19,20). The first kappa shape index (κ1) is 14.8. The van der Waals surface area contributed by atoms with Crippen LogP contribution in [-0.2, 0) is 14.3 Å². The van der Waals surface area contributed by atoms with Crippen molar-refractivity contribution in [3.8, 4) is 0 Å². The predicted octanol–water partition coefficient (Wildman–Crippen LogP) is 2.05. The molecule has 1 saturated heterocycles. The van der Waals surface area contributed by atoms with Gasteiger partial charge in [0.05, 0.1) is 23.0 Å². The van der Waals surface area contributed by atoms with Gasteiger partial charge in [-0.2, -0.15) is 0 Å². The summed E-state index contributed by atoms with van der Waals surface area (Å²) in [6.07, 6.45) is 5.66. The van der Waals surface area contributed by atoms with E-state index in [1.165, 1.54) is 0 Å². The van der Waals surface area contributed by atoms with Crippen LogP contribution in [0.15, 0.2) is 0 Å². The number of amides is 1. The molecule has 1 amide bonds. The Morgan fingerprint density at radius 2 is 1.71 bits per heavy atom. The van der Waals surface area contributed by atoms with Crippen LogP contribution in [0.1, 0.15) is 52.4 Å². The molecule has 0 aromatic carbocycles. The lowest BCUT2D eigenvalue weighted by Gasteiger charge is -2.50. The molecule has 1 spiro atoms. The first-order valence-corrected chi connectivity index (χ1v) is 8.04. The lowest BCUT2D eigenvalue weighted by Crippen LogP contribution is -2.62. The number of ether oxygens (including phenoxy) is 1. The van der Waals surface area contributed by atoms with Crippen molar-refractivity contribution in [3.63, 3.8) is 0 Å². The minimum atomic E-state index is -0.831. The Morgan fingerprint density at radius 3 is 2.24 bits per heavy atom. The fraction of sp³-hybridized carbons (Fsp3) is 0.875. The van der Waals surface area contributed by atoms with Gasteiger partial charge < -0.3 is 14.7 Å². The Kier molecular flexibility index (Phi) is 3.51. The van der Waals surface area contributed by atoms with Crippen molar-refractivity contribution in [3.05, 3.63) is 0 Å². The Labute approximate surface area is 125 Å². The van der Waals surface area contributed by atoms with E-state index in [4.69, 9.17) is 9.84 Å². The van der Waals surface area contributed by atoms with Crippen LogP contribution in [-0.4, -0.2) is 46.2 Å². The third-order valence-corrected chi connectivity index (χ3v) is 5.28. The van der Waals surface area contributed by atoms with Crippen molar-refractivity contribution in [2.75, 3.05) is 13.1 Å². The molecule has 0 aromatic rings. The second-order valence-corrected chi connectivity index (χ2v) is 7.57. The zero-order valence-electron chi connectivity index (χ0n) is 12.9. The van der Waals surface area contributed by atoms with Gasteiger partial charge in [-0.1, -0.05) is 12.8 Å². The van der Waals surface area contributed by atoms with Gasteiger partial charge in [0.25, 0.3) is 0 Å². The highest BCUT2D eigenvalue weighted by molar-refractivity contribution is 5.86. The monoisotopic (exact) mass is 295 g/mol. The summed E-state index contributed by atoms with van der Waals surface area (Å²) in [6, 6.07) is 0. The molecule has 21 heavy (non-hydrogen) atoms. The van der Waals surface area contributed by atoms with E-state index in [1.807, 2.05) is 18.7 Å². The van der Waals surface area contributed by atoms with Gasteiger partial charge in [-0.25, -0.2) is 0 Å². The predicted molar refractivity (Wildman–Crippen MR) is 76.8 cm³/mol. The number of aliphatic carboxylic acids is 1. The van der Waals surface area contributed by atoms with Crippen LogP contribution in [0.25, 0.3) is 0 Å². The van der Waals surface area contributed by atoms with Gasteiger partial charge in [0.15, 0.2) is 0 Å². The molecule has 0 bridgehead atoms. The molecule has 3 fully saturated rings. The highest BCUT2D eigenvalue weighted by Crippen LogP contribution is 2.43. The molecule has 0 radical (unpaired) electrons. The maximum Gasteiger partial charge on any atom is 0.307 e. The zero-order valence-corrected chi connectivity index (χ0v) is 12.9. The highest BCUT2D eigenvalue weighted by atomic mass is 16.5.